The summed E-state index contributed by atoms with van der Waals surface area (Å²) in [4.78, 5) is 11.8. The summed E-state index contributed by atoms with van der Waals surface area (Å²) >= 11 is 1.11. The first-order valence-corrected chi connectivity index (χ1v) is 7.61. The van der Waals surface area contributed by atoms with Crippen LogP contribution in [0.15, 0.2) is 41.8 Å². The Bertz CT molecular complexity index is 895. The van der Waals surface area contributed by atoms with E-state index in [-0.39, 0.29) is 22.8 Å². The minimum Gasteiger partial charge on any atom is -0.304 e. The number of aromatic nitrogens is 3. The van der Waals surface area contributed by atoms with Crippen LogP contribution in [0, 0.1) is 5.82 Å². The standard InChI is InChI=1S/C15H8F4N4OS/c16-10-7-8(15(17,18)19)1-2-9(10)11-3-4-13(22-21-11)20-14(24)12-5-6-25-23-12/h1-7H,(H,20,22,24). The second kappa shape index (κ2) is 6.55. The molecule has 2 heterocycles. The molecule has 0 fully saturated rings. The molecule has 2 aromatic heterocycles. The second-order valence-electron chi connectivity index (χ2n) is 4.84. The molecule has 0 spiro atoms. The Balaban J connectivity index is 1.80. The first-order chi connectivity index (χ1) is 11.8. The molecule has 3 rings (SSSR count). The average molecular weight is 368 g/mol. The maximum Gasteiger partial charge on any atom is 0.416 e. The molecule has 0 atom stereocenters. The molecule has 0 saturated heterocycles. The van der Waals surface area contributed by atoms with E-state index in [0.29, 0.717) is 6.07 Å². The zero-order valence-electron chi connectivity index (χ0n) is 12.2. The molecule has 0 radical (unpaired) electrons. The minimum atomic E-state index is -4.63. The summed E-state index contributed by atoms with van der Waals surface area (Å²) in [5.41, 5.74) is -0.964. The summed E-state index contributed by atoms with van der Waals surface area (Å²) in [5, 5.41) is 11.5. The predicted octanol–water partition coefficient (Wildman–Crippen LogP) is 4.01. The van der Waals surface area contributed by atoms with Gasteiger partial charge in [-0.1, -0.05) is 0 Å². The van der Waals surface area contributed by atoms with Crippen LogP contribution < -0.4 is 5.32 Å². The molecular weight excluding hydrogens is 360 g/mol. The van der Waals surface area contributed by atoms with Crippen molar-refractivity contribution in [1.29, 1.82) is 0 Å². The molecule has 1 N–H and O–H groups in total. The number of halogens is 4. The van der Waals surface area contributed by atoms with Crippen molar-refractivity contribution in [3.8, 4) is 11.3 Å². The molecule has 0 aliphatic heterocycles. The summed E-state index contributed by atoms with van der Waals surface area (Å²) in [5.74, 6) is -1.44. The number of nitrogens with zero attached hydrogens (tertiary/aromatic N) is 3. The van der Waals surface area contributed by atoms with E-state index in [1.165, 1.54) is 18.2 Å². The van der Waals surface area contributed by atoms with Crippen LogP contribution in [0.4, 0.5) is 23.4 Å². The Morgan fingerprint density at radius 2 is 1.88 bits per heavy atom. The Morgan fingerprint density at radius 1 is 1.08 bits per heavy atom. The third kappa shape index (κ3) is 3.79. The van der Waals surface area contributed by atoms with Crippen LogP contribution in [0.1, 0.15) is 16.1 Å². The van der Waals surface area contributed by atoms with Gasteiger partial charge in [0.25, 0.3) is 5.91 Å². The topological polar surface area (TPSA) is 67.8 Å². The maximum absolute atomic E-state index is 13.9. The summed E-state index contributed by atoms with van der Waals surface area (Å²) in [6.07, 6.45) is -4.63. The van der Waals surface area contributed by atoms with E-state index < -0.39 is 23.5 Å². The molecule has 1 aromatic carbocycles. The third-order valence-corrected chi connectivity index (χ3v) is 3.71. The molecule has 0 saturated carbocycles. The van der Waals surface area contributed by atoms with Gasteiger partial charge in [-0.05, 0) is 47.9 Å². The zero-order valence-corrected chi connectivity index (χ0v) is 13.0. The zero-order chi connectivity index (χ0) is 18.0. The lowest BCUT2D eigenvalue weighted by atomic mass is 10.1. The van der Waals surface area contributed by atoms with Gasteiger partial charge in [0.05, 0.1) is 11.3 Å². The Labute approximate surface area is 142 Å². The fraction of sp³-hybridized carbons (Fsp3) is 0.0667. The monoisotopic (exact) mass is 368 g/mol. The van der Waals surface area contributed by atoms with Gasteiger partial charge in [0, 0.05) is 10.9 Å². The van der Waals surface area contributed by atoms with Crippen LogP contribution in [0.3, 0.4) is 0 Å². The van der Waals surface area contributed by atoms with Crippen molar-refractivity contribution in [3.63, 3.8) is 0 Å². The van der Waals surface area contributed by atoms with Crippen molar-refractivity contribution in [2.75, 3.05) is 5.32 Å². The molecule has 0 unspecified atom stereocenters. The van der Waals surface area contributed by atoms with Crippen LogP contribution >= 0.6 is 11.5 Å². The van der Waals surface area contributed by atoms with Crippen LogP contribution in [-0.4, -0.2) is 20.5 Å². The van der Waals surface area contributed by atoms with Crippen molar-refractivity contribution < 1.29 is 22.4 Å². The maximum atomic E-state index is 13.9. The van der Waals surface area contributed by atoms with E-state index >= 15 is 0 Å². The van der Waals surface area contributed by atoms with Gasteiger partial charge < -0.3 is 5.32 Å². The van der Waals surface area contributed by atoms with E-state index in [9.17, 15) is 22.4 Å². The highest BCUT2D eigenvalue weighted by Crippen LogP contribution is 2.32. The normalized spacial score (nSPS) is 11.4. The summed E-state index contributed by atoms with van der Waals surface area (Å²) in [6, 6.07) is 6.38. The molecule has 1 amide bonds. The van der Waals surface area contributed by atoms with E-state index in [1.54, 1.807) is 5.38 Å². The SMILES string of the molecule is O=C(Nc1ccc(-c2ccc(C(F)(F)F)cc2F)nn1)c1ccsn1. The number of alkyl halides is 3. The lowest BCUT2D eigenvalue weighted by Gasteiger charge is -2.09. The quantitative estimate of drug-likeness (QED) is 0.710. The molecule has 0 aliphatic carbocycles. The van der Waals surface area contributed by atoms with Gasteiger partial charge in [-0.15, -0.1) is 10.2 Å². The van der Waals surface area contributed by atoms with Crippen LogP contribution in [-0.2, 0) is 6.18 Å². The van der Waals surface area contributed by atoms with Gasteiger partial charge in [-0.25, -0.2) is 4.39 Å². The summed E-state index contributed by atoms with van der Waals surface area (Å²) < 4.78 is 55.4. The van der Waals surface area contributed by atoms with E-state index in [0.717, 1.165) is 23.7 Å². The van der Waals surface area contributed by atoms with Crippen molar-refractivity contribution in [3.05, 3.63) is 58.9 Å². The first-order valence-electron chi connectivity index (χ1n) is 6.77. The minimum absolute atomic E-state index is 0.0397. The van der Waals surface area contributed by atoms with Crippen molar-refractivity contribution in [2.45, 2.75) is 6.18 Å². The number of benzene rings is 1. The number of amides is 1. The van der Waals surface area contributed by atoms with Gasteiger partial charge in [0.1, 0.15) is 11.5 Å². The number of carbonyl (C=O) groups is 1. The molecule has 3 aromatic rings. The number of anilines is 1. The number of nitrogens with one attached hydrogen (secondary N) is 1. The van der Waals surface area contributed by atoms with Gasteiger partial charge in [-0.2, -0.15) is 17.5 Å². The predicted molar refractivity (Wildman–Crippen MR) is 82.5 cm³/mol. The number of hydrogen-bond acceptors (Lipinski definition) is 5. The van der Waals surface area contributed by atoms with Crippen molar-refractivity contribution >= 4 is 23.3 Å². The average Bonchev–Trinajstić information content (AvgIpc) is 3.09. The Hall–Kier alpha value is -2.88. The van der Waals surface area contributed by atoms with Gasteiger partial charge >= 0.3 is 6.18 Å². The molecular formula is C15H8F4N4OS. The van der Waals surface area contributed by atoms with E-state index in [1.807, 2.05) is 0 Å². The van der Waals surface area contributed by atoms with Gasteiger partial charge in [-0.3, -0.25) is 4.79 Å². The van der Waals surface area contributed by atoms with Gasteiger partial charge in [0.2, 0.25) is 0 Å². The molecule has 0 aliphatic rings. The van der Waals surface area contributed by atoms with E-state index in [2.05, 4.69) is 19.9 Å². The lowest BCUT2D eigenvalue weighted by molar-refractivity contribution is -0.137. The van der Waals surface area contributed by atoms with Gasteiger partial charge in [0.15, 0.2) is 5.82 Å². The lowest BCUT2D eigenvalue weighted by Crippen LogP contribution is -2.13. The first kappa shape index (κ1) is 17.0. The largest absolute Gasteiger partial charge is 0.416 e. The molecule has 25 heavy (non-hydrogen) atoms. The van der Waals surface area contributed by atoms with Crippen molar-refractivity contribution in [2.24, 2.45) is 0 Å². The van der Waals surface area contributed by atoms with Crippen molar-refractivity contribution in [1.82, 2.24) is 14.6 Å². The molecule has 5 nitrogen and oxygen atoms in total. The fourth-order valence-electron chi connectivity index (χ4n) is 1.95. The fourth-order valence-corrected chi connectivity index (χ4v) is 2.46. The summed E-state index contributed by atoms with van der Waals surface area (Å²) in [6.45, 7) is 0. The van der Waals surface area contributed by atoms with Crippen LogP contribution in [0.25, 0.3) is 11.3 Å². The van der Waals surface area contributed by atoms with Crippen LogP contribution in [0.2, 0.25) is 0 Å². The highest BCUT2D eigenvalue weighted by Gasteiger charge is 2.31. The highest BCUT2D eigenvalue weighted by atomic mass is 32.1. The summed E-state index contributed by atoms with van der Waals surface area (Å²) in [7, 11) is 0. The number of rotatable bonds is 3. The Morgan fingerprint density at radius 3 is 2.44 bits per heavy atom. The third-order valence-electron chi connectivity index (χ3n) is 3.15. The second-order valence-corrected chi connectivity index (χ2v) is 5.50. The molecule has 128 valence electrons. The molecule has 10 heteroatoms. The van der Waals surface area contributed by atoms with Crippen LogP contribution in [0.5, 0.6) is 0 Å². The highest BCUT2D eigenvalue weighted by molar-refractivity contribution is 7.03. The molecule has 0 bridgehead atoms. The Kier molecular flexibility index (Phi) is 4.45. The van der Waals surface area contributed by atoms with E-state index in [4.69, 9.17) is 0 Å². The smallest absolute Gasteiger partial charge is 0.304 e. The number of carbonyl (C=O) groups excluding carboxylic acids is 1. The number of hydrogen-bond donors (Lipinski definition) is 1.